The molecule has 15 heavy (non-hydrogen) atoms. The summed E-state index contributed by atoms with van der Waals surface area (Å²) in [5.74, 6) is 0. The first-order chi connectivity index (χ1) is 7.33. The van der Waals surface area contributed by atoms with Crippen LogP contribution in [0.3, 0.4) is 0 Å². The van der Waals surface area contributed by atoms with Crippen molar-refractivity contribution in [1.82, 2.24) is 5.32 Å². The van der Waals surface area contributed by atoms with Gasteiger partial charge in [-0.3, -0.25) is 0 Å². The second-order valence-electron chi connectivity index (χ2n) is 4.18. The summed E-state index contributed by atoms with van der Waals surface area (Å²) in [6.07, 6.45) is 11.0. The molecular formula is C13H23NO. The molecule has 0 saturated carbocycles. The van der Waals surface area contributed by atoms with Crippen LogP contribution in [-0.4, -0.2) is 26.3 Å². The lowest BCUT2D eigenvalue weighted by atomic mass is 9.91. The molecule has 0 bridgehead atoms. The van der Waals surface area contributed by atoms with Crippen molar-refractivity contribution in [2.75, 3.05) is 26.3 Å². The molecule has 0 spiro atoms. The lowest BCUT2D eigenvalue weighted by Crippen LogP contribution is -2.34. The van der Waals surface area contributed by atoms with Crippen LogP contribution in [0.15, 0.2) is 24.3 Å². The Balaban J connectivity index is 2.34. The fraction of sp³-hybridized carbons (Fsp3) is 0.692. The number of ether oxygens (including phenoxy) is 1. The summed E-state index contributed by atoms with van der Waals surface area (Å²) in [5, 5.41) is 3.46. The average Bonchev–Trinajstić information content (AvgIpc) is 2.68. The Morgan fingerprint density at radius 1 is 1.13 bits per heavy atom. The first-order valence-corrected chi connectivity index (χ1v) is 5.98. The number of allylic oxidation sites excluding steroid dienone is 2. The predicted octanol–water partition coefficient (Wildman–Crippen LogP) is 2.53. The van der Waals surface area contributed by atoms with E-state index in [1.54, 1.807) is 0 Å². The third kappa shape index (κ3) is 4.18. The SMILES string of the molecule is CCCNCC1(COCCC)C=CC=C1. The standard InChI is InChI=1S/C13H23NO/c1-3-9-14-11-13(7-5-6-8-13)12-15-10-4-2/h5-8,14H,3-4,9-12H2,1-2H3. The topological polar surface area (TPSA) is 21.3 Å². The molecule has 1 N–H and O–H groups in total. The molecule has 0 radical (unpaired) electrons. The number of hydrogen-bond donors (Lipinski definition) is 1. The highest BCUT2D eigenvalue weighted by Crippen LogP contribution is 2.25. The summed E-state index contributed by atoms with van der Waals surface area (Å²) < 4.78 is 5.66. The van der Waals surface area contributed by atoms with E-state index in [4.69, 9.17) is 4.74 Å². The molecule has 1 aliphatic rings. The average molecular weight is 209 g/mol. The van der Waals surface area contributed by atoms with Crippen LogP contribution in [0.4, 0.5) is 0 Å². The van der Waals surface area contributed by atoms with Crippen molar-refractivity contribution < 1.29 is 4.74 Å². The normalized spacial score (nSPS) is 17.5. The van der Waals surface area contributed by atoms with E-state index in [2.05, 4.69) is 43.5 Å². The van der Waals surface area contributed by atoms with Gasteiger partial charge in [0.15, 0.2) is 0 Å². The second-order valence-corrected chi connectivity index (χ2v) is 4.18. The lowest BCUT2D eigenvalue weighted by molar-refractivity contribution is 0.0885. The van der Waals surface area contributed by atoms with Crippen LogP contribution in [-0.2, 0) is 4.74 Å². The lowest BCUT2D eigenvalue weighted by Gasteiger charge is -2.25. The van der Waals surface area contributed by atoms with Gasteiger partial charge in [-0.15, -0.1) is 0 Å². The van der Waals surface area contributed by atoms with Crippen LogP contribution in [0.2, 0.25) is 0 Å². The van der Waals surface area contributed by atoms with Crippen molar-refractivity contribution in [2.24, 2.45) is 5.41 Å². The van der Waals surface area contributed by atoms with Crippen molar-refractivity contribution in [3.8, 4) is 0 Å². The highest BCUT2D eigenvalue weighted by molar-refractivity contribution is 5.25. The maximum absolute atomic E-state index is 5.66. The summed E-state index contributed by atoms with van der Waals surface area (Å²) in [6, 6.07) is 0. The Morgan fingerprint density at radius 2 is 1.87 bits per heavy atom. The van der Waals surface area contributed by atoms with Gasteiger partial charge in [0.2, 0.25) is 0 Å². The third-order valence-electron chi connectivity index (χ3n) is 2.57. The van der Waals surface area contributed by atoms with Crippen LogP contribution >= 0.6 is 0 Å². The minimum Gasteiger partial charge on any atom is -0.380 e. The Hall–Kier alpha value is -0.600. The van der Waals surface area contributed by atoms with Gasteiger partial charge < -0.3 is 10.1 Å². The third-order valence-corrected chi connectivity index (χ3v) is 2.57. The summed E-state index contributed by atoms with van der Waals surface area (Å²) in [5.41, 5.74) is 0.102. The van der Waals surface area contributed by atoms with Gasteiger partial charge in [-0.2, -0.15) is 0 Å². The zero-order valence-corrected chi connectivity index (χ0v) is 9.96. The van der Waals surface area contributed by atoms with Crippen LogP contribution < -0.4 is 5.32 Å². The zero-order valence-electron chi connectivity index (χ0n) is 9.96. The predicted molar refractivity (Wildman–Crippen MR) is 65.0 cm³/mol. The number of rotatable bonds is 8. The van der Waals surface area contributed by atoms with E-state index in [-0.39, 0.29) is 5.41 Å². The van der Waals surface area contributed by atoms with Crippen molar-refractivity contribution >= 4 is 0 Å². The molecule has 0 saturated heterocycles. The molecule has 1 aliphatic carbocycles. The van der Waals surface area contributed by atoms with Crippen molar-refractivity contribution in [3.63, 3.8) is 0 Å². The van der Waals surface area contributed by atoms with Crippen LogP contribution in [0, 0.1) is 5.41 Å². The molecule has 0 atom stereocenters. The van der Waals surface area contributed by atoms with Gasteiger partial charge in [0, 0.05) is 18.6 Å². The quantitative estimate of drug-likeness (QED) is 0.620. The molecular weight excluding hydrogens is 186 g/mol. The molecule has 0 fully saturated rings. The van der Waals surface area contributed by atoms with Crippen LogP contribution in [0.25, 0.3) is 0 Å². The number of nitrogens with one attached hydrogen (secondary N) is 1. The summed E-state index contributed by atoms with van der Waals surface area (Å²) in [6.45, 7) is 8.05. The molecule has 1 rings (SSSR count). The molecule has 0 aromatic rings. The molecule has 0 amide bonds. The first-order valence-electron chi connectivity index (χ1n) is 5.98. The van der Waals surface area contributed by atoms with E-state index >= 15 is 0 Å². The van der Waals surface area contributed by atoms with E-state index in [0.29, 0.717) is 0 Å². The van der Waals surface area contributed by atoms with Crippen LogP contribution in [0.1, 0.15) is 26.7 Å². The largest absolute Gasteiger partial charge is 0.380 e. The molecule has 0 aromatic heterocycles. The van der Waals surface area contributed by atoms with Gasteiger partial charge >= 0.3 is 0 Å². The first kappa shape index (κ1) is 12.5. The van der Waals surface area contributed by atoms with E-state index in [1.165, 1.54) is 6.42 Å². The van der Waals surface area contributed by atoms with E-state index in [1.807, 2.05) is 0 Å². The second kappa shape index (κ2) is 6.81. The van der Waals surface area contributed by atoms with E-state index < -0.39 is 0 Å². The molecule has 0 heterocycles. The van der Waals surface area contributed by atoms with Crippen LogP contribution in [0.5, 0.6) is 0 Å². The van der Waals surface area contributed by atoms with Gasteiger partial charge in [0.25, 0.3) is 0 Å². The zero-order chi connectivity index (χ0) is 11.0. The van der Waals surface area contributed by atoms with Gasteiger partial charge in [-0.1, -0.05) is 38.2 Å². The van der Waals surface area contributed by atoms with Crippen molar-refractivity contribution in [1.29, 1.82) is 0 Å². The van der Waals surface area contributed by atoms with Gasteiger partial charge in [-0.25, -0.2) is 0 Å². The summed E-state index contributed by atoms with van der Waals surface area (Å²) in [4.78, 5) is 0. The van der Waals surface area contributed by atoms with Crippen molar-refractivity contribution in [3.05, 3.63) is 24.3 Å². The minimum atomic E-state index is 0.102. The minimum absolute atomic E-state index is 0.102. The molecule has 0 aromatic carbocycles. The monoisotopic (exact) mass is 209 g/mol. The Labute approximate surface area is 93.4 Å². The maximum atomic E-state index is 5.66. The Kier molecular flexibility index (Phi) is 5.66. The molecule has 2 heteroatoms. The Morgan fingerprint density at radius 3 is 2.47 bits per heavy atom. The fourth-order valence-electron chi connectivity index (χ4n) is 1.72. The van der Waals surface area contributed by atoms with Gasteiger partial charge in [0.05, 0.1) is 6.61 Å². The molecule has 0 aliphatic heterocycles. The van der Waals surface area contributed by atoms with Gasteiger partial charge in [0.1, 0.15) is 0 Å². The molecule has 2 nitrogen and oxygen atoms in total. The molecule has 0 unspecified atom stereocenters. The molecule has 86 valence electrons. The van der Waals surface area contributed by atoms with Crippen molar-refractivity contribution in [2.45, 2.75) is 26.7 Å². The summed E-state index contributed by atoms with van der Waals surface area (Å²) in [7, 11) is 0. The maximum Gasteiger partial charge on any atom is 0.0604 e. The smallest absolute Gasteiger partial charge is 0.0604 e. The van der Waals surface area contributed by atoms with E-state index in [0.717, 1.165) is 32.7 Å². The highest BCUT2D eigenvalue weighted by Gasteiger charge is 2.25. The van der Waals surface area contributed by atoms with E-state index in [9.17, 15) is 0 Å². The van der Waals surface area contributed by atoms with Gasteiger partial charge in [-0.05, 0) is 19.4 Å². The fourth-order valence-corrected chi connectivity index (χ4v) is 1.72. The highest BCUT2D eigenvalue weighted by atomic mass is 16.5. The summed E-state index contributed by atoms with van der Waals surface area (Å²) >= 11 is 0. The Bertz CT molecular complexity index is 197. The number of hydrogen-bond acceptors (Lipinski definition) is 2.